The van der Waals surface area contributed by atoms with Crippen LogP contribution >= 0.6 is 0 Å². The first-order valence-corrected chi connectivity index (χ1v) is 6.80. The maximum atomic E-state index is 5.48. The molecule has 4 heteroatoms. The molecular weight excluding hydrogens is 242 g/mol. The van der Waals surface area contributed by atoms with Crippen LogP contribution < -0.4 is 5.32 Å². The minimum absolute atomic E-state index is 0.169. The highest BCUT2D eigenvalue weighted by molar-refractivity contribution is 5.22. The largest absolute Gasteiger partial charge is 0.380 e. The van der Waals surface area contributed by atoms with Crippen LogP contribution in [0.5, 0.6) is 0 Å². The van der Waals surface area contributed by atoms with Gasteiger partial charge in [0.25, 0.3) is 0 Å². The smallest absolute Gasteiger partial charge is 0.169 e. The van der Waals surface area contributed by atoms with E-state index in [-0.39, 0.29) is 6.29 Å². The summed E-state index contributed by atoms with van der Waals surface area (Å²) in [6.07, 6.45) is -0.169. The van der Waals surface area contributed by atoms with Gasteiger partial charge in [-0.15, -0.1) is 0 Å². The second kappa shape index (κ2) is 9.92. The molecule has 19 heavy (non-hydrogen) atoms. The van der Waals surface area contributed by atoms with Crippen LogP contribution in [0.25, 0.3) is 0 Å². The molecule has 0 aromatic heterocycles. The van der Waals surface area contributed by atoms with Crippen LogP contribution in [-0.2, 0) is 27.4 Å². The average Bonchev–Trinajstić information content (AvgIpc) is 2.40. The summed E-state index contributed by atoms with van der Waals surface area (Å²) in [4.78, 5) is 0. The normalized spacial score (nSPS) is 11.2. The quantitative estimate of drug-likeness (QED) is 0.660. The van der Waals surface area contributed by atoms with E-state index in [1.165, 1.54) is 11.1 Å². The van der Waals surface area contributed by atoms with Crippen molar-refractivity contribution in [2.75, 3.05) is 26.9 Å². The molecule has 0 unspecified atom stereocenters. The number of hydrogen-bond donors (Lipinski definition) is 1. The zero-order chi connectivity index (χ0) is 13.9. The van der Waals surface area contributed by atoms with Crippen molar-refractivity contribution in [3.63, 3.8) is 0 Å². The summed E-state index contributed by atoms with van der Waals surface area (Å²) in [5, 5.41) is 3.35. The Labute approximate surface area is 116 Å². The van der Waals surface area contributed by atoms with Gasteiger partial charge < -0.3 is 19.5 Å². The van der Waals surface area contributed by atoms with E-state index in [0.29, 0.717) is 26.4 Å². The first-order chi connectivity index (χ1) is 9.30. The molecule has 4 nitrogen and oxygen atoms in total. The first-order valence-electron chi connectivity index (χ1n) is 6.80. The van der Waals surface area contributed by atoms with Crippen molar-refractivity contribution >= 4 is 0 Å². The Bertz CT molecular complexity index is 338. The van der Waals surface area contributed by atoms with E-state index >= 15 is 0 Å². The molecule has 0 amide bonds. The third-order valence-electron chi connectivity index (χ3n) is 2.65. The van der Waals surface area contributed by atoms with Crippen LogP contribution in [0.1, 0.15) is 25.0 Å². The Kier molecular flexibility index (Phi) is 8.41. The molecule has 0 fully saturated rings. The minimum atomic E-state index is -0.169. The van der Waals surface area contributed by atoms with Crippen LogP contribution in [0, 0.1) is 0 Å². The summed E-state index contributed by atoms with van der Waals surface area (Å²) in [6.45, 7) is 7.41. The SMILES string of the molecule is CCOC(CNCc1cccc(COC)c1)OCC. The zero-order valence-electron chi connectivity index (χ0n) is 12.1. The van der Waals surface area contributed by atoms with E-state index < -0.39 is 0 Å². The second-order valence-corrected chi connectivity index (χ2v) is 4.22. The Hall–Kier alpha value is -0.940. The van der Waals surface area contributed by atoms with Gasteiger partial charge in [0.2, 0.25) is 0 Å². The van der Waals surface area contributed by atoms with Crippen LogP contribution in [0.3, 0.4) is 0 Å². The van der Waals surface area contributed by atoms with E-state index in [1.807, 2.05) is 19.9 Å². The Morgan fingerprint density at radius 2 is 1.79 bits per heavy atom. The maximum absolute atomic E-state index is 5.48. The number of nitrogens with one attached hydrogen (secondary N) is 1. The number of benzene rings is 1. The molecule has 0 saturated carbocycles. The maximum Gasteiger partial charge on any atom is 0.169 e. The lowest BCUT2D eigenvalue weighted by molar-refractivity contribution is -0.133. The predicted molar refractivity (Wildman–Crippen MR) is 75.9 cm³/mol. The summed E-state index contributed by atoms with van der Waals surface area (Å²) in [5.41, 5.74) is 2.43. The second-order valence-electron chi connectivity index (χ2n) is 4.22. The van der Waals surface area contributed by atoms with Crippen LogP contribution in [0.4, 0.5) is 0 Å². The molecule has 1 N–H and O–H groups in total. The van der Waals surface area contributed by atoms with E-state index in [0.717, 1.165) is 6.54 Å². The molecule has 1 aromatic carbocycles. The lowest BCUT2D eigenvalue weighted by Crippen LogP contribution is -2.31. The lowest BCUT2D eigenvalue weighted by Gasteiger charge is -2.17. The molecule has 0 aliphatic rings. The third-order valence-corrected chi connectivity index (χ3v) is 2.65. The average molecular weight is 267 g/mol. The van der Waals surface area contributed by atoms with Crippen molar-refractivity contribution in [1.82, 2.24) is 5.32 Å². The number of methoxy groups -OCH3 is 1. The van der Waals surface area contributed by atoms with Crippen molar-refractivity contribution in [2.24, 2.45) is 0 Å². The van der Waals surface area contributed by atoms with Crippen LogP contribution in [0.15, 0.2) is 24.3 Å². The van der Waals surface area contributed by atoms with E-state index in [4.69, 9.17) is 14.2 Å². The van der Waals surface area contributed by atoms with Crippen molar-refractivity contribution in [2.45, 2.75) is 33.3 Å². The molecular formula is C15H25NO3. The first kappa shape index (κ1) is 16.1. The van der Waals surface area contributed by atoms with Gasteiger partial charge in [0.15, 0.2) is 6.29 Å². The molecule has 0 atom stereocenters. The summed E-state index contributed by atoms with van der Waals surface area (Å²) >= 11 is 0. The lowest BCUT2D eigenvalue weighted by atomic mass is 10.1. The fraction of sp³-hybridized carbons (Fsp3) is 0.600. The molecule has 108 valence electrons. The van der Waals surface area contributed by atoms with Gasteiger partial charge in [0.05, 0.1) is 6.61 Å². The van der Waals surface area contributed by atoms with Gasteiger partial charge in [0, 0.05) is 33.4 Å². The topological polar surface area (TPSA) is 39.7 Å². The van der Waals surface area contributed by atoms with E-state index in [2.05, 4.69) is 23.5 Å². The number of hydrogen-bond acceptors (Lipinski definition) is 4. The minimum Gasteiger partial charge on any atom is -0.380 e. The summed E-state index contributed by atoms with van der Waals surface area (Å²) in [6, 6.07) is 8.36. The molecule has 0 saturated heterocycles. The van der Waals surface area contributed by atoms with Gasteiger partial charge in [-0.25, -0.2) is 0 Å². The van der Waals surface area contributed by atoms with Crippen molar-refractivity contribution in [3.05, 3.63) is 35.4 Å². The summed E-state index contributed by atoms with van der Waals surface area (Å²) in [5.74, 6) is 0. The molecule has 0 bridgehead atoms. The van der Waals surface area contributed by atoms with Crippen molar-refractivity contribution in [1.29, 1.82) is 0 Å². The molecule has 0 aliphatic carbocycles. The molecule has 0 heterocycles. The van der Waals surface area contributed by atoms with Crippen molar-refractivity contribution in [3.8, 4) is 0 Å². The predicted octanol–water partition coefficient (Wildman–Crippen LogP) is 2.32. The molecule has 1 rings (SSSR count). The fourth-order valence-electron chi connectivity index (χ4n) is 1.87. The van der Waals surface area contributed by atoms with E-state index in [1.54, 1.807) is 7.11 Å². The fourth-order valence-corrected chi connectivity index (χ4v) is 1.87. The van der Waals surface area contributed by atoms with Gasteiger partial charge in [-0.1, -0.05) is 24.3 Å². The number of rotatable bonds is 10. The van der Waals surface area contributed by atoms with Gasteiger partial charge in [-0.05, 0) is 25.0 Å². The van der Waals surface area contributed by atoms with Crippen LogP contribution in [0.2, 0.25) is 0 Å². The summed E-state index contributed by atoms with van der Waals surface area (Å²) < 4.78 is 16.1. The van der Waals surface area contributed by atoms with Gasteiger partial charge in [-0.2, -0.15) is 0 Å². The molecule has 0 radical (unpaired) electrons. The molecule has 0 aliphatic heterocycles. The third kappa shape index (κ3) is 6.68. The Morgan fingerprint density at radius 1 is 1.11 bits per heavy atom. The highest BCUT2D eigenvalue weighted by atomic mass is 16.7. The van der Waals surface area contributed by atoms with Gasteiger partial charge in [0.1, 0.15) is 0 Å². The summed E-state index contributed by atoms with van der Waals surface area (Å²) in [7, 11) is 1.71. The molecule has 0 spiro atoms. The van der Waals surface area contributed by atoms with Crippen LogP contribution in [-0.4, -0.2) is 33.2 Å². The van der Waals surface area contributed by atoms with Gasteiger partial charge in [-0.3, -0.25) is 0 Å². The van der Waals surface area contributed by atoms with E-state index in [9.17, 15) is 0 Å². The highest BCUT2D eigenvalue weighted by Crippen LogP contribution is 2.06. The molecule has 1 aromatic rings. The Balaban J connectivity index is 2.36. The number of ether oxygens (including phenoxy) is 3. The highest BCUT2D eigenvalue weighted by Gasteiger charge is 2.06. The Morgan fingerprint density at radius 3 is 2.42 bits per heavy atom. The standard InChI is InChI=1S/C15H25NO3/c1-4-18-15(19-5-2)11-16-10-13-7-6-8-14(9-13)12-17-3/h6-9,15-16H,4-5,10-12H2,1-3H3. The van der Waals surface area contributed by atoms with Gasteiger partial charge >= 0.3 is 0 Å². The zero-order valence-corrected chi connectivity index (χ0v) is 12.1. The van der Waals surface area contributed by atoms with Crippen molar-refractivity contribution < 1.29 is 14.2 Å². The monoisotopic (exact) mass is 267 g/mol.